The topological polar surface area (TPSA) is 96.7 Å². The van der Waals surface area contributed by atoms with E-state index in [1.165, 1.54) is 0 Å². The number of ether oxygens (including phenoxy) is 1. The lowest BCUT2D eigenvalue weighted by molar-refractivity contribution is 0.0253. The molecule has 0 spiro atoms. The van der Waals surface area contributed by atoms with Crippen molar-refractivity contribution in [2.45, 2.75) is 59.6 Å². The molecule has 1 amide bonds. The van der Waals surface area contributed by atoms with Gasteiger partial charge in [0.2, 0.25) is 0 Å². The van der Waals surface area contributed by atoms with Gasteiger partial charge in [0.1, 0.15) is 17.8 Å². The van der Waals surface area contributed by atoms with Gasteiger partial charge in [-0.1, -0.05) is 13.8 Å². The summed E-state index contributed by atoms with van der Waals surface area (Å²) in [5.74, 6) is 1.66. The van der Waals surface area contributed by atoms with E-state index in [1.54, 1.807) is 18.3 Å². The quantitative estimate of drug-likeness (QED) is 0.499. The summed E-state index contributed by atoms with van der Waals surface area (Å²) in [5, 5.41) is 14.5. The molecule has 0 radical (unpaired) electrons. The average Bonchev–Trinajstić information content (AvgIpc) is 3.05. The summed E-state index contributed by atoms with van der Waals surface area (Å²) >= 11 is 0. The zero-order valence-electron chi connectivity index (χ0n) is 17.6. The van der Waals surface area contributed by atoms with Crippen LogP contribution in [0.15, 0.2) is 11.3 Å². The predicted molar refractivity (Wildman–Crippen MR) is 107 cm³/mol. The van der Waals surface area contributed by atoms with Crippen molar-refractivity contribution in [1.29, 1.82) is 0 Å². The molecule has 0 aliphatic carbocycles. The van der Waals surface area contributed by atoms with E-state index in [1.807, 2.05) is 32.3 Å². The van der Waals surface area contributed by atoms with Crippen molar-refractivity contribution in [1.82, 2.24) is 30.3 Å². The van der Waals surface area contributed by atoms with Crippen molar-refractivity contribution in [3.05, 3.63) is 12.2 Å². The van der Waals surface area contributed by atoms with E-state index in [9.17, 15) is 4.79 Å². The van der Waals surface area contributed by atoms with Gasteiger partial charge in [-0.2, -0.15) is 0 Å². The molecule has 0 aliphatic rings. The van der Waals surface area contributed by atoms with Gasteiger partial charge in [0.05, 0.1) is 0 Å². The van der Waals surface area contributed by atoms with Gasteiger partial charge < -0.3 is 24.8 Å². The molecule has 27 heavy (non-hydrogen) atoms. The summed E-state index contributed by atoms with van der Waals surface area (Å²) < 4.78 is 7.48. The van der Waals surface area contributed by atoms with E-state index in [-0.39, 0.29) is 6.09 Å². The molecular formula is C18H35N7O2. The number of aromatic nitrogens is 3. The number of carbonyl (C=O) groups is 1. The van der Waals surface area contributed by atoms with Crippen LogP contribution in [-0.2, 0) is 17.7 Å². The molecule has 0 aliphatic heterocycles. The van der Waals surface area contributed by atoms with Gasteiger partial charge >= 0.3 is 6.09 Å². The van der Waals surface area contributed by atoms with E-state index < -0.39 is 5.60 Å². The minimum atomic E-state index is -0.492. The van der Waals surface area contributed by atoms with Crippen molar-refractivity contribution in [3.63, 3.8) is 0 Å². The second-order valence-corrected chi connectivity index (χ2v) is 7.19. The standard InChI is InChI=1S/C18H35N7O2/c1-7-11-24(17(26)27-18(3,4)5)12-9-20-16(19-6)21-10-13-25-14-22-23-15(25)8-2/h14H,7-13H2,1-6H3,(H2,19,20,21). The number of rotatable bonds is 9. The molecule has 154 valence electrons. The van der Waals surface area contributed by atoms with E-state index in [2.05, 4.69) is 32.7 Å². The fourth-order valence-corrected chi connectivity index (χ4v) is 2.45. The van der Waals surface area contributed by atoms with Crippen LogP contribution in [-0.4, -0.2) is 70.5 Å². The molecule has 1 aromatic rings. The summed E-state index contributed by atoms with van der Waals surface area (Å²) in [6.45, 7) is 13.0. The molecule has 0 bridgehead atoms. The van der Waals surface area contributed by atoms with Crippen LogP contribution < -0.4 is 10.6 Å². The zero-order chi connectivity index (χ0) is 20.3. The summed E-state index contributed by atoms with van der Waals surface area (Å²) in [4.78, 5) is 18.2. The Bertz CT molecular complexity index is 593. The number of amides is 1. The van der Waals surface area contributed by atoms with Crippen LogP contribution >= 0.6 is 0 Å². The molecule has 1 aromatic heterocycles. The summed E-state index contributed by atoms with van der Waals surface area (Å²) in [6.07, 6.45) is 3.18. The number of carbonyl (C=O) groups excluding carboxylic acids is 1. The molecule has 1 rings (SSSR count). The number of guanidine groups is 1. The Balaban J connectivity index is 2.40. The second kappa shape index (κ2) is 11.4. The van der Waals surface area contributed by atoms with Crippen molar-refractivity contribution >= 4 is 12.1 Å². The lowest BCUT2D eigenvalue weighted by Gasteiger charge is -2.27. The number of hydrogen-bond acceptors (Lipinski definition) is 5. The third kappa shape index (κ3) is 8.74. The normalized spacial score (nSPS) is 12.0. The first kappa shape index (κ1) is 22.7. The van der Waals surface area contributed by atoms with Crippen LogP contribution in [0.4, 0.5) is 4.79 Å². The molecule has 0 aromatic carbocycles. The Morgan fingerprint density at radius 2 is 1.96 bits per heavy atom. The molecule has 0 fully saturated rings. The Labute approximate surface area is 162 Å². The Kier molecular flexibility index (Phi) is 9.60. The van der Waals surface area contributed by atoms with Gasteiger partial charge in [0, 0.05) is 46.2 Å². The highest BCUT2D eigenvalue weighted by molar-refractivity contribution is 5.79. The zero-order valence-corrected chi connectivity index (χ0v) is 17.6. The highest BCUT2D eigenvalue weighted by Crippen LogP contribution is 2.10. The minimum Gasteiger partial charge on any atom is -0.444 e. The minimum absolute atomic E-state index is 0.284. The number of aryl methyl sites for hydroxylation is 1. The Hall–Kier alpha value is -2.32. The van der Waals surface area contributed by atoms with Gasteiger partial charge in [-0.25, -0.2) is 4.79 Å². The molecule has 0 atom stereocenters. The van der Waals surface area contributed by atoms with Crippen molar-refractivity contribution in [3.8, 4) is 0 Å². The van der Waals surface area contributed by atoms with E-state index in [0.29, 0.717) is 32.1 Å². The van der Waals surface area contributed by atoms with Crippen LogP contribution in [0.3, 0.4) is 0 Å². The second-order valence-electron chi connectivity index (χ2n) is 7.19. The molecular weight excluding hydrogens is 346 g/mol. The van der Waals surface area contributed by atoms with Crippen molar-refractivity contribution < 1.29 is 9.53 Å². The van der Waals surface area contributed by atoms with Gasteiger partial charge in [0.15, 0.2) is 5.96 Å². The molecule has 0 unspecified atom stereocenters. The maximum atomic E-state index is 12.3. The number of nitrogens with zero attached hydrogens (tertiary/aromatic N) is 5. The predicted octanol–water partition coefficient (Wildman–Crippen LogP) is 1.65. The summed E-state index contributed by atoms with van der Waals surface area (Å²) in [6, 6.07) is 0. The lowest BCUT2D eigenvalue weighted by atomic mass is 10.2. The average molecular weight is 382 g/mol. The van der Waals surface area contributed by atoms with Gasteiger partial charge in [-0.15, -0.1) is 10.2 Å². The Morgan fingerprint density at radius 1 is 1.26 bits per heavy atom. The Morgan fingerprint density at radius 3 is 2.56 bits per heavy atom. The van der Waals surface area contributed by atoms with Crippen LogP contribution in [0.1, 0.15) is 46.9 Å². The van der Waals surface area contributed by atoms with Crippen LogP contribution in [0.2, 0.25) is 0 Å². The SMILES string of the molecule is CCCN(CCNC(=NC)NCCn1cnnc1CC)C(=O)OC(C)(C)C. The fourth-order valence-electron chi connectivity index (χ4n) is 2.45. The molecule has 0 saturated carbocycles. The molecule has 0 saturated heterocycles. The maximum Gasteiger partial charge on any atom is 0.410 e. The highest BCUT2D eigenvalue weighted by atomic mass is 16.6. The van der Waals surface area contributed by atoms with E-state index >= 15 is 0 Å². The number of aliphatic imine (C=N–C) groups is 1. The van der Waals surface area contributed by atoms with Crippen molar-refractivity contribution in [2.24, 2.45) is 4.99 Å². The third-order valence-corrected chi connectivity index (χ3v) is 3.70. The van der Waals surface area contributed by atoms with Crippen LogP contribution in [0.25, 0.3) is 0 Å². The summed E-state index contributed by atoms with van der Waals surface area (Å²) in [5.41, 5.74) is -0.492. The highest BCUT2D eigenvalue weighted by Gasteiger charge is 2.21. The monoisotopic (exact) mass is 381 g/mol. The molecule has 9 heteroatoms. The van der Waals surface area contributed by atoms with E-state index in [4.69, 9.17) is 4.74 Å². The molecule has 1 heterocycles. The lowest BCUT2D eigenvalue weighted by Crippen LogP contribution is -2.45. The van der Waals surface area contributed by atoms with Gasteiger partial charge in [-0.05, 0) is 27.2 Å². The van der Waals surface area contributed by atoms with Crippen molar-refractivity contribution in [2.75, 3.05) is 33.2 Å². The smallest absolute Gasteiger partial charge is 0.410 e. The first-order valence-corrected chi connectivity index (χ1v) is 9.59. The van der Waals surface area contributed by atoms with Crippen LogP contribution in [0.5, 0.6) is 0 Å². The number of hydrogen-bond donors (Lipinski definition) is 2. The fraction of sp³-hybridized carbons (Fsp3) is 0.778. The third-order valence-electron chi connectivity index (χ3n) is 3.70. The van der Waals surface area contributed by atoms with Crippen LogP contribution in [0, 0.1) is 0 Å². The van der Waals surface area contributed by atoms with Gasteiger partial charge in [0.25, 0.3) is 0 Å². The maximum absolute atomic E-state index is 12.3. The summed E-state index contributed by atoms with van der Waals surface area (Å²) in [7, 11) is 1.73. The van der Waals surface area contributed by atoms with E-state index in [0.717, 1.165) is 25.2 Å². The molecule has 9 nitrogen and oxygen atoms in total. The first-order chi connectivity index (χ1) is 12.8. The molecule has 2 N–H and O–H groups in total. The largest absolute Gasteiger partial charge is 0.444 e. The van der Waals surface area contributed by atoms with Gasteiger partial charge in [-0.3, -0.25) is 4.99 Å². The number of nitrogens with one attached hydrogen (secondary N) is 2. The first-order valence-electron chi connectivity index (χ1n) is 9.59.